The topological polar surface area (TPSA) is 101 Å². The molecule has 2 fully saturated rings. The van der Waals surface area contributed by atoms with Crippen molar-refractivity contribution in [1.82, 2.24) is 24.8 Å². The normalized spacial score (nSPS) is 17.5. The number of nitrogens with one attached hydrogen (secondary N) is 2. The number of aromatic amines is 2. The van der Waals surface area contributed by atoms with E-state index in [1.165, 1.54) is 38.5 Å². The maximum atomic E-state index is 12.3. The first-order valence-electron chi connectivity index (χ1n) is 11.2. The van der Waals surface area contributed by atoms with Crippen molar-refractivity contribution in [3.8, 4) is 6.07 Å². The molecule has 1 saturated carbocycles. The van der Waals surface area contributed by atoms with E-state index < -0.39 is 0 Å². The number of amides is 1. The lowest BCUT2D eigenvalue weighted by Gasteiger charge is -2.26. The molecular weight excluding hydrogens is 376 g/mol. The largest absolute Gasteiger partial charge is 0.346 e. The van der Waals surface area contributed by atoms with Gasteiger partial charge in [0.05, 0.1) is 24.2 Å². The number of fused-ring (bicyclic) bond motifs is 3. The standard InChI is InChI=1S/C15H17N5O.C8H13N/c21-13(20-6-2-1-3-7-20)8-12-18-11-9-17-15-10(4-5-16-15)14(11)19-12;9-7-6-8-4-2-1-3-5-8/h4-5,9H,1-3,6-8H2,(H,16,17)(H,18,19);8H,1-6H2. The van der Waals surface area contributed by atoms with Crippen LogP contribution < -0.4 is 0 Å². The van der Waals surface area contributed by atoms with Crippen molar-refractivity contribution >= 4 is 28.0 Å². The summed E-state index contributed by atoms with van der Waals surface area (Å²) in [5, 5.41) is 9.36. The van der Waals surface area contributed by atoms with Gasteiger partial charge in [-0.1, -0.05) is 19.3 Å². The number of carbonyl (C=O) groups excluding carboxylic acids is 1. The molecule has 1 amide bonds. The fourth-order valence-corrected chi connectivity index (χ4v) is 4.53. The zero-order chi connectivity index (χ0) is 20.8. The molecule has 0 radical (unpaired) electrons. The van der Waals surface area contributed by atoms with Gasteiger partial charge in [-0.2, -0.15) is 5.26 Å². The molecular formula is C23H30N6O. The lowest BCUT2D eigenvalue weighted by molar-refractivity contribution is -0.131. The van der Waals surface area contributed by atoms with Gasteiger partial charge in [0.15, 0.2) is 0 Å². The number of likely N-dealkylation sites (tertiary alicyclic amines) is 1. The lowest BCUT2D eigenvalue weighted by atomic mass is 9.87. The molecule has 0 bridgehead atoms. The Morgan fingerprint density at radius 2 is 1.93 bits per heavy atom. The first kappa shape index (κ1) is 20.4. The van der Waals surface area contributed by atoms with Crippen molar-refractivity contribution in [2.24, 2.45) is 5.92 Å². The van der Waals surface area contributed by atoms with E-state index in [0.717, 1.165) is 66.2 Å². The Labute approximate surface area is 176 Å². The van der Waals surface area contributed by atoms with Crippen molar-refractivity contribution in [2.75, 3.05) is 13.1 Å². The molecule has 0 unspecified atom stereocenters. The van der Waals surface area contributed by atoms with Crippen molar-refractivity contribution in [1.29, 1.82) is 5.26 Å². The number of pyridine rings is 1. The molecule has 1 saturated heterocycles. The van der Waals surface area contributed by atoms with Gasteiger partial charge in [0, 0.05) is 31.1 Å². The van der Waals surface area contributed by atoms with E-state index in [1.807, 2.05) is 17.2 Å². The highest BCUT2D eigenvalue weighted by Gasteiger charge is 2.18. The second-order valence-electron chi connectivity index (χ2n) is 8.43. The van der Waals surface area contributed by atoms with Crippen molar-refractivity contribution in [3.05, 3.63) is 24.3 Å². The zero-order valence-electron chi connectivity index (χ0n) is 17.5. The molecule has 30 heavy (non-hydrogen) atoms. The van der Waals surface area contributed by atoms with Crippen LogP contribution >= 0.6 is 0 Å². The third-order valence-electron chi connectivity index (χ3n) is 6.22. The molecule has 0 aromatic carbocycles. The number of aromatic nitrogens is 4. The van der Waals surface area contributed by atoms with E-state index >= 15 is 0 Å². The third kappa shape index (κ3) is 4.81. The molecule has 7 nitrogen and oxygen atoms in total. The monoisotopic (exact) mass is 406 g/mol. The summed E-state index contributed by atoms with van der Waals surface area (Å²) >= 11 is 0. The Balaban J connectivity index is 0.000000204. The van der Waals surface area contributed by atoms with E-state index in [1.54, 1.807) is 6.20 Å². The second-order valence-corrected chi connectivity index (χ2v) is 8.43. The van der Waals surface area contributed by atoms with Crippen LogP contribution in [-0.4, -0.2) is 43.8 Å². The van der Waals surface area contributed by atoms with Crippen LogP contribution in [0, 0.1) is 17.2 Å². The highest BCUT2D eigenvalue weighted by Crippen LogP contribution is 2.25. The van der Waals surface area contributed by atoms with E-state index in [-0.39, 0.29) is 5.91 Å². The predicted octanol–water partition coefficient (Wildman–Crippen LogP) is 4.47. The average molecular weight is 407 g/mol. The summed E-state index contributed by atoms with van der Waals surface area (Å²) in [4.78, 5) is 29.4. The minimum Gasteiger partial charge on any atom is -0.346 e. The van der Waals surface area contributed by atoms with Gasteiger partial charge in [-0.05, 0) is 44.1 Å². The average Bonchev–Trinajstić information content (AvgIpc) is 3.42. The second kappa shape index (κ2) is 9.75. The number of nitriles is 1. The summed E-state index contributed by atoms with van der Waals surface area (Å²) in [6.07, 6.45) is 14.9. The van der Waals surface area contributed by atoms with E-state index in [9.17, 15) is 4.79 Å². The van der Waals surface area contributed by atoms with E-state index in [4.69, 9.17) is 5.26 Å². The number of piperidine rings is 1. The molecule has 3 aromatic heterocycles. The number of hydrogen-bond donors (Lipinski definition) is 2. The Morgan fingerprint density at radius 1 is 1.17 bits per heavy atom. The molecule has 5 rings (SSSR count). The van der Waals surface area contributed by atoms with Crippen LogP contribution in [0.3, 0.4) is 0 Å². The van der Waals surface area contributed by atoms with Crippen LogP contribution in [-0.2, 0) is 11.2 Å². The molecule has 158 valence electrons. The van der Waals surface area contributed by atoms with Crippen molar-refractivity contribution in [3.63, 3.8) is 0 Å². The Bertz CT molecular complexity index is 1020. The summed E-state index contributed by atoms with van der Waals surface area (Å²) in [6, 6.07) is 4.20. The molecule has 0 atom stereocenters. The van der Waals surface area contributed by atoms with Crippen LogP contribution in [0.25, 0.3) is 22.1 Å². The minimum atomic E-state index is 0.159. The Morgan fingerprint density at radius 3 is 2.70 bits per heavy atom. The van der Waals surface area contributed by atoms with E-state index in [2.05, 4.69) is 26.0 Å². The van der Waals surface area contributed by atoms with E-state index in [0.29, 0.717) is 6.42 Å². The number of carbonyl (C=O) groups is 1. The summed E-state index contributed by atoms with van der Waals surface area (Å²) in [7, 11) is 0. The fourth-order valence-electron chi connectivity index (χ4n) is 4.53. The molecule has 4 heterocycles. The SMILES string of the molecule is N#CCC1CCCCC1.O=C(Cc1nc2c(cnc3[nH]ccc32)[nH]1)N1CCCCC1. The Hall–Kier alpha value is -2.88. The van der Waals surface area contributed by atoms with Gasteiger partial charge in [-0.25, -0.2) is 9.97 Å². The first-order valence-corrected chi connectivity index (χ1v) is 11.2. The predicted molar refractivity (Wildman–Crippen MR) is 117 cm³/mol. The van der Waals surface area contributed by atoms with Crippen LogP contribution in [0.2, 0.25) is 0 Å². The van der Waals surface area contributed by atoms with Gasteiger partial charge in [-0.15, -0.1) is 0 Å². The van der Waals surface area contributed by atoms with Gasteiger partial charge in [0.25, 0.3) is 0 Å². The van der Waals surface area contributed by atoms with Crippen molar-refractivity contribution < 1.29 is 4.79 Å². The van der Waals surface area contributed by atoms with Crippen molar-refractivity contribution in [2.45, 2.75) is 64.2 Å². The first-order chi connectivity index (χ1) is 14.7. The minimum absolute atomic E-state index is 0.159. The summed E-state index contributed by atoms with van der Waals surface area (Å²) in [6.45, 7) is 1.76. The highest BCUT2D eigenvalue weighted by atomic mass is 16.2. The molecule has 1 aliphatic heterocycles. The maximum absolute atomic E-state index is 12.3. The smallest absolute Gasteiger partial charge is 0.230 e. The number of nitrogens with zero attached hydrogens (tertiary/aromatic N) is 4. The van der Waals surface area contributed by atoms with Gasteiger partial charge in [0.2, 0.25) is 5.91 Å². The van der Waals surface area contributed by atoms with Gasteiger partial charge < -0.3 is 14.9 Å². The van der Waals surface area contributed by atoms with Crippen LogP contribution in [0.15, 0.2) is 18.5 Å². The summed E-state index contributed by atoms with van der Waals surface area (Å²) in [5.74, 6) is 1.62. The quantitative estimate of drug-likeness (QED) is 0.670. The van der Waals surface area contributed by atoms with Gasteiger partial charge in [0.1, 0.15) is 17.0 Å². The number of H-pyrrole nitrogens is 2. The van der Waals surface area contributed by atoms with Crippen LogP contribution in [0.4, 0.5) is 0 Å². The van der Waals surface area contributed by atoms with Crippen LogP contribution in [0.5, 0.6) is 0 Å². The highest BCUT2D eigenvalue weighted by molar-refractivity contribution is 6.00. The third-order valence-corrected chi connectivity index (χ3v) is 6.22. The van der Waals surface area contributed by atoms with Crippen LogP contribution in [0.1, 0.15) is 63.6 Å². The molecule has 2 N–H and O–H groups in total. The molecule has 3 aromatic rings. The zero-order valence-corrected chi connectivity index (χ0v) is 17.5. The summed E-state index contributed by atoms with van der Waals surface area (Å²) < 4.78 is 0. The summed E-state index contributed by atoms with van der Waals surface area (Å²) in [5.41, 5.74) is 2.58. The molecule has 2 aliphatic rings. The number of imidazole rings is 1. The number of rotatable bonds is 3. The van der Waals surface area contributed by atoms with Gasteiger partial charge in [-0.3, -0.25) is 4.79 Å². The van der Waals surface area contributed by atoms with Gasteiger partial charge >= 0.3 is 0 Å². The number of hydrogen-bond acceptors (Lipinski definition) is 4. The maximum Gasteiger partial charge on any atom is 0.230 e. The lowest BCUT2D eigenvalue weighted by Crippen LogP contribution is -2.36. The Kier molecular flexibility index (Phi) is 6.63. The molecule has 7 heteroatoms. The fraction of sp³-hybridized carbons (Fsp3) is 0.565. The molecule has 1 aliphatic carbocycles. The molecule has 0 spiro atoms.